The number of hydrogen-bond donors (Lipinski definition) is 1. The van der Waals surface area contributed by atoms with E-state index < -0.39 is 11.9 Å². The van der Waals surface area contributed by atoms with E-state index in [1.807, 2.05) is 0 Å². The van der Waals surface area contributed by atoms with Crippen molar-refractivity contribution in [3.05, 3.63) is 35.4 Å². The monoisotopic (exact) mass is 236 g/mol. The zero-order valence-corrected chi connectivity index (χ0v) is 9.30. The standard InChI is InChI=1S/C12H12O5/c1-17-12(16)9-4-2-8(3-5-9)10(13)6-7-11(14)15/h2-5H,6-7H2,1H3,(H,14,15). The molecule has 0 unspecified atom stereocenters. The summed E-state index contributed by atoms with van der Waals surface area (Å²) in [5, 5.41) is 8.44. The van der Waals surface area contributed by atoms with Gasteiger partial charge < -0.3 is 9.84 Å². The van der Waals surface area contributed by atoms with E-state index in [1.54, 1.807) is 0 Å². The van der Waals surface area contributed by atoms with Crippen molar-refractivity contribution in [1.29, 1.82) is 0 Å². The van der Waals surface area contributed by atoms with Crippen molar-refractivity contribution >= 4 is 17.7 Å². The summed E-state index contributed by atoms with van der Waals surface area (Å²) >= 11 is 0. The van der Waals surface area contributed by atoms with Crippen LogP contribution >= 0.6 is 0 Å². The third-order valence-electron chi connectivity index (χ3n) is 2.19. The number of carboxylic acid groups (broad SMARTS) is 1. The molecule has 1 N–H and O–H groups in total. The van der Waals surface area contributed by atoms with Crippen LogP contribution in [-0.4, -0.2) is 29.9 Å². The zero-order chi connectivity index (χ0) is 12.8. The number of ether oxygens (including phenoxy) is 1. The average Bonchev–Trinajstić information content (AvgIpc) is 2.35. The molecule has 5 nitrogen and oxygen atoms in total. The Balaban J connectivity index is 2.70. The molecule has 0 aliphatic heterocycles. The van der Waals surface area contributed by atoms with Crippen molar-refractivity contribution in [2.45, 2.75) is 12.8 Å². The highest BCUT2D eigenvalue weighted by molar-refractivity contribution is 5.98. The summed E-state index contributed by atoms with van der Waals surface area (Å²) in [5.41, 5.74) is 0.737. The lowest BCUT2D eigenvalue weighted by molar-refractivity contribution is -0.136. The molecule has 0 bridgehead atoms. The van der Waals surface area contributed by atoms with Crippen LogP contribution in [0.15, 0.2) is 24.3 Å². The molecule has 0 fully saturated rings. The van der Waals surface area contributed by atoms with Crippen molar-refractivity contribution < 1.29 is 24.2 Å². The van der Waals surface area contributed by atoms with Crippen LogP contribution in [0.4, 0.5) is 0 Å². The first-order chi connectivity index (χ1) is 8.04. The topological polar surface area (TPSA) is 80.7 Å². The van der Waals surface area contributed by atoms with Crippen molar-refractivity contribution in [1.82, 2.24) is 0 Å². The van der Waals surface area contributed by atoms with Crippen molar-refractivity contribution in [2.24, 2.45) is 0 Å². The number of rotatable bonds is 5. The van der Waals surface area contributed by atoms with Gasteiger partial charge in [-0.2, -0.15) is 0 Å². The van der Waals surface area contributed by atoms with Crippen LogP contribution < -0.4 is 0 Å². The second-order valence-electron chi connectivity index (χ2n) is 3.39. The number of carbonyl (C=O) groups excluding carboxylic acids is 2. The van der Waals surface area contributed by atoms with Crippen LogP contribution in [0.2, 0.25) is 0 Å². The van der Waals surface area contributed by atoms with Gasteiger partial charge in [0.25, 0.3) is 0 Å². The van der Waals surface area contributed by atoms with Crippen molar-refractivity contribution in [3.63, 3.8) is 0 Å². The first-order valence-electron chi connectivity index (χ1n) is 4.98. The minimum absolute atomic E-state index is 0.0487. The first-order valence-corrected chi connectivity index (χ1v) is 4.98. The highest BCUT2D eigenvalue weighted by Crippen LogP contribution is 2.09. The lowest BCUT2D eigenvalue weighted by Gasteiger charge is -2.01. The van der Waals surface area contributed by atoms with Crippen LogP contribution in [-0.2, 0) is 9.53 Å². The third-order valence-corrected chi connectivity index (χ3v) is 2.19. The second-order valence-corrected chi connectivity index (χ2v) is 3.39. The predicted octanol–water partition coefficient (Wildman–Crippen LogP) is 1.52. The number of methoxy groups -OCH3 is 1. The summed E-state index contributed by atoms with van der Waals surface area (Å²) in [4.78, 5) is 32.9. The Morgan fingerprint density at radius 3 is 2.06 bits per heavy atom. The Hall–Kier alpha value is -2.17. The van der Waals surface area contributed by atoms with E-state index in [9.17, 15) is 14.4 Å². The van der Waals surface area contributed by atoms with Gasteiger partial charge in [-0.3, -0.25) is 9.59 Å². The van der Waals surface area contributed by atoms with Gasteiger partial charge in [-0.15, -0.1) is 0 Å². The van der Waals surface area contributed by atoms with Gasteiger partial charge >= 0.3 is 11.9 Å². The number of aliphatic carboxylic acids is 1. The number of esters is 1. The molecule has 0 spiro atoms. The molecule has 90 valence electrons. The number of carboxylic acids is 1. The maximum absolute atomic E-state index is 11.5. The summed E-state index contributed by atoms with van der Waals surface area (Å²) in [6.45, 7) is 0. The van der Waals surface area contributed by atoms with Crippen LogP contribution in [0.1, 0.15) is 33.6 Å². The Morgan fingerprint density at radius 1 is 1.06 bits per heavy atom. The molecule has 0 aromatic heterocycles. The van der Waals surface area contributed by atoms with E-state index in [-0.39, 0.29) is 18.6 Å². The van der Waals surface area contributed by atoms with Gasteiger partial charge in [0.05, 0.1) is 19.1 Å². The van der Waals surface area contributed by atoms with Crippen LogP contribution in [0.5, 0.6) is 0 Å². The van der Waals surface area contributed by atoms with Gasteiger partial charge in [-0.25, -0.2) is 4.79 Å². The smallest absolute Gasteiger partial charge is 0.337 e. The van der Waals surface area contributed by atoms with E-state index in [4.69, 9.17) is 5.11 Å². The number of benzene rings is 1. The van der Waals surface area contributed by atoms with Gasteiger partial charge in [0.1, 0.15) is 0 Å². The fraction of sp³-hybridized carbons (Fsp3) is 0.250. The molecule has 0 heterocycles. The van der Waals surface area contributed by atoms with Crippen LogP contribution in [0, 0.1) is 0 Å². The second kappa shape index (κ2) is 5.79. The lowest BCUT2D eigenvalue weighted by atomic mass is 10.0. The minimum Gasteiger partial charge on any atom is -0.481 e. The SMILES string of the molecule is COC(=O)c1ccc(C(=O)CCC(=O)O)cc1. The van der Waals surface area contributed by atoms with Crippen molar-refractivity contribution in [3.8, 4) is 0 Å². The van der Waals surface area contributed by atoms with Gasteiger partial charge in [0, 0.05) is 12.0 Å². The van der Waals surface area contributed by atoms with Gasteiger partial charge in [-0.05, 0) is 12.1 Å². The fourth-order valence-electron chi connectivity index (χ4n) is 1.27. The summed E-state index contributed by atoms with van der Waals surface area (Å²) in [6.07, 6.45) is -0.246. The first kappa shape index (κ1) is 12.9. The van der Waals surface area contributed by atoms with E-state index >= 15 is 0 Å². The lowest BCUT2D eigenvalue weighted by Crippen LogP contribution is -2.05. The van der Waals surface area contributed by atoms with Gasteiger partial charge in [0.2, 0.25) is 0 Å². The molecule has 0 radical (unpaired) electrons. The maximum Gasteiger partial charge on any atom is 0.337 e. The van der Waals surface area contributed by atoms with E-state index in [2.05, 4.69) is 4.74 Å². The normalized spacial score (nSPS) is 9.71. The molecule has 0 aliphatic rings. The predicted molar refractivity (Wildman–Crippen MR) is 59.0 cm³/mol. The fourth-order valence-corrected chi connectivity index (χ4v) is 1.27. The molecule has 5 heteroatoms. The third kappa shape index (κ3) is 3.71. The molecule has 1 rings (SSSR count). The molecular formula is C12H12O5. The molecule has 17 heavy (non-hydrogen) atoms. The summed E-state index contributed by atoms with van der Waals surface area (Å²) in [6, 6.07) is 5.91. The average molecular weight is 236 g/mol. The molecule has 1 aromatic carbocycles. The van der Waals surface area contributed by atoms with Gasteiger partial charge in [0.15, 0.2) is 5.78 Å². The van der Waals surface area contributed by atoms with Gasteiger partial charge in [-0.1, -0.05) is 12.1 Å². The molecule has 0 atom stereocenters. The molecular weight excluding hydrogens is 224 g/mol. The number of ketones is 1. The number of Topliss-reactive ketones (excluding diaryl/α,β-unsaturated/α-hetero) is 1. The molecule has 0 saturated carbocycles. The van der Waals surface area contributed by atoms with E-state index in [1.165, 1.54) is 31.4 Å². The van der Waals surface area contributed by atoms with Crippen LogP contribution in [0.3, 0.4) is 0 Å². The Bertz CT molecular complexity index is 433. The summed E-state index contributed by atoms with van der Waals surface area (Å²) < 4.78 is 4.51. The largest absolute Gasteiger partial charge is 0.481 e. The summed E-state index contributed by atoms with van der Waals surface area (Å²) in [7, 11) is 1.27. The Labute approximate surface area is 98.0 Å². The number of hydrogen-bond acceptors (Lipinski definition) is 4. The Kier molecular flexibility index (Phi) is 4.39. The van der Waals surface area contributed by atoms with Crippen molar-refractivity contribution in [2.75, 3.05) is 7.11 Å². The van der Waals surface area contributed by atoms with Crippen LogP contribution in [0.25, 0.3) is 0 Å². The van der Waals surface area contributed by atoms with E-state index in [0.717, 1.165) is 0 Å². The maximum atomic E-state index is 11.5. The van der Waals surface area contributed by atoms with E-state index in [0.29, 0.717) is 11.1 Å². The Morgan fingerprint density at radius 2 is 1.59 bits per heavy atom. The highest BCUT2D eigenvalue weighted by atomic mass is 16.5. The quantitative estimate of drug-likeness (QED) is 0.619. The minimum atomic E-state index is -1.01. The molecule has 0 aliphatic carbocycles. The highest BCUT2D eigenvalue weighted by Gasteiger charge is 2.10. The molecule has 1 aromatic rings. The zero-order valence-electron chi connectivity index (χ0n) is 9.30. The number of carbonyl (C=O) groups is 3. The molecule has 0 saturated heterocycles. The molecule has 0 amide bonds. The summed E-state index contributed by atoms with van der Waals surface area (Å²) in [5.74, 6) is -1.75.